The summed E-state index contributed by atoms with van der Waals surface area (Å²) in [6.07, 6.45) is 11.7. The van der Waals surface area contributed by atoms with Crippen molar-refractivity contribution < 1.29 is 4.84 Å². The van der Waals surface area contributed by atoms with E-state index in [9.17, 15) is 0 Å². The quantitative estimate of drug-likeness (QED) is 0.669. The SMILES string of the molecule is C=CC1=C(C)CCC2(CC1)Cc1ccc(C(/C=C\N)=C/N)cc1C21N=C(N)N(C)O1. The lowest BCUT2D eigenvalue weighted by atomic mass is 9.71. The van der Waals surface area contributed by atoms with Crippen LogP contribution in [0.2, 0.25) is 0 Å². The van der Waals surface area contributed by atoms with E-state index >= 15 is 0 Å². The minimum absolute atomic E-state index is 0.175. The standard InChI is InChI=1S/C24H31N5O/c1-4-17-8-11-23(10-7-16(17)2)14-19-6-5-18(20(15-26)9-12-25)13-21(19)24(23)28-22(27)29(3)30-24/h4-6,9,12-13,15H,1,7-8,10-11,14,25-26H2,2-3H3,(H2,27,28)/b12-9-,20-15+. The Morgan fingerprint density at radius 2 is 2.03 bits per heavy atom. The van der Waals surface area contributed by atoms with Crippen molar-refractivity contribution in [3.05, 3.63) is 77.2 Å². The van der Waals surface area contributed by atoms with Gasteiger partial charge in [-0.05, 0) is 79.6 Å². The zero-order valence-corrected chi connectivity index (χ0v) is 17.8. The van der Waals surface area contributed by atoms with E-state index < -0.39 is 5.72 Å². The Kier molecular flexibility index (Phi) is 4.98. The van der Waals surface area contributed by atoms with Crippen molar-refractivity contribution in [2.24, 2.45) is 27.6 Å². The van der Waals surface area contributed by atoms with Crippen molar-refractivity contribution in [3.8, 4) is 0 Å². The molecule has 1 aliphatic heterocycles. The Balaban J connectivity index is 1.86. The number of nitrogens with two attached hydrogens (primary N) is 3. The largest absolute Gasteiger partial charge is 0.405 e. The van der Waals surface area contributed by atoms with Crippen LogP contribution in [0.25, 0.3) is 5.57 Å². The first-order chi connectivity index (χ1) is 14.4. The van der Waals surface area contributed by atoms with E-state index in [1.165, 1.54) is 22.9 Å². The van der Waals surface area contributed by atoms with Crippen molar-refractivity contribution in [3.63, 3.8) is 0 Å². The van der Waals surface area contributed by atoms with E-state index in [2.05, 4.69) is 31.7 Å². The molecule has 0 amide bonds. The monoisotopic (exact) mass is 405 g/mol. The van der Waals surface area contributed by atoms with Crippen molar-refractivity contribution >= 4 is 11.5 Å². The molecule has 4 rings (SSSR count). The Morgan fingerprint density at radius 1 is 1.27 bits per heavy atom. The van der Waals surface area contributed by atoms with Crippen molar-refractivity contribution in [2.75, 3.05) is 7.05 Å². The lowest BCUT2D eigenvalue weighted by Crippen LogP contribution is -2.43. The summed E-state index contributed by atoms with van der Waals surface area (Å²) in [5.41, 5.74) is 23.6. The number of allylic oxidation sites excluding steroid dienone is 5. The number of benzene rings is 1. The molecule has 6 heteroatoms. The third-order valence-electron chi connectivity index (χ3n) is 7.02. The molecule has 0 radical (unpaired) electrons. The number of guanidine groups is 1. The van der Waals surface area contributed by atoms with Crippen molar-refractivity contribution in [2.45, 2.75) is 44.8 Å². The maximum Gasteiger partial charge on any atom is 0.220 e. The molecule has 3 aliphatic rings. The van der Waals surface area contributed by atoms with Crippen LogP contribution in [-0.4, -0.2) is 18.1 Å². The fourth-order valence-electron chi connectivity index (χ4n) is 5.26. The van der Waals surface area contributed by atoms with Gasteiger partial charge in [0.25, 0.3) is 0 Å². The third kappa shape index (κ3) is 2.86. The van der Waals surface area contributed by atoms with Gasteiger partial charge in [-0.2, -0.15) is 0 Å². The van der Waals surface area contributed by atoms with E-state index in [0.29, 0.717) is 5.96 Å². The maximum absolute atomic E-state index is 6.50. The van der Waals surface area contributed by atoms with Crippen LogP contribution in [0.15, 0.2) is 65.5 Å². The molecule has 2 spiro atoms. The van der Waals surface area contributed by atoms with Gasteiger partial charge in [-0.3, -0.25) is 0 Å². The lowest BCUT2D eigenvalue weighted by Gasteiger charge is -2.40. The number of aliphatic imine (C=N–C) groups is 1. The lowest BCUT2D eigenvalue weighted by molar-refractivity contribution is -0.224. The Bertz CT molecular complexity index is 1000. The van der Waals surface area contributed by atoms with Crippen molar-refractivity contribution in [1.29, 1.82) is 0 Å². The third-order valence-corrected chi connectivity index (χ3v) is 7.02. The molecule has 0 saturated heterocycles. The van der Waals surface area contributed by atoms with E-state index in [1.807, 2.05) is 13.1 Å². The van der Waals surface area contributed by atoms with Gasteiger partial charge in [0, 0.05) is 24.2 Å². The van der Waals surface area contributed by atoms with Crippen LogP contribution < -0.4 is 17.2 Å². The van der Waals surface area contributed by atoms with Gasteiger partial charge in [0.1, 0.15) is 0 Å². The summed E-state index contributed by atoms with van der Waals surface area (Å²) in [4.78, 5) is 11.5. The predicted octanol–water partition coefficient (Wildman–Crippen LogP) is 3.42. The first-order valence-corrected chi connectivity index (χ1v) is 10.4. The van der Waals surface area contributed by atoms with Gasteiger partial charge in [-0.15, -0.1) is 0 Å². The topological polar surface area (TPSA) is 103 Å². The van der Waals surface area contributed by atoms with Crippen LogP contribution in [-0.2, 0) is 17.0 Å². The van der Waals surface area contributed by atoms with E-state index in [4.69, 9.17) is 27.0 Å². The Labute approximate surface area is 178 Å². The molecular formula is C24H31N5O. The molecule has 158 valence electrons. The van der Waals surface area contributed by atoms with Gasteiger partial charge in [0.2, 0.25) is 11.7 Å². The van der Waals surface area contributed by atoms with Crippen LogP contribution >= 0.6 is 0 Å². The summed E-state index contributed by atoms with van der Waals surface area (Å²) >= 11 is 0. The van der Waals surface area contributed by atoms with Crippen LogP contribution in [0.1, 0.15) is 49.3 Å². The Morgan fingerprint density at radius 3 is 2.67 bits per heavy atom. The molecule has 0 saturated carbocycles. The molecule has 1 aromatic rings. The summed E-state index contributed by atoms with van der Waals surface area (Å²) in [6, 6.07) is 6.39. The molecular weight excluding hydrogens is 374 g/mol. The first kappa shape index (κ1) is 20.3. The van der Waals surface area contributed by atoms with Gasteiger partial charge < -0.3 is 17.2 Å². The highest BCUT2D eigenvalue weighted by Gasteiger charge is 2.62. The molecule has 6 N–H and O–H groups in total. The number of fused-ring (bicyclic) bond motifs is 3. The smallest absolute Gasteiger partial charge is 0.220 e. The molecule has 2 unspecified atom stereocenters. The number of hydroxylamine groups is 2. The molecule has 1 aromatic carbocycles. The second-order valence-electron chi connectivity index (χ2n) is 8.52. The molecule has 1 heterocycles. The highest BCUT2D eigenvalue weighted by atomic mass is 16.7. The average molecular weight is 406 g/mol. The molecule has 0 fully saturated rings. The normalized spacial score (nSPS) is 29.1. The van der Waals surface area contributed by atoms with Crippen LogP contribution in [0.5, 0.6) is 0 Å². The van der Waals surface area contributed by atoms with Crippen LogP contribution in [0.4, 0.5) is 0 Å². The number of rotatable bonds is 3. The highest BCUT2D eigenvalue weighted by Crippen LogP contribution is 2.61. The van der Waals surface area contributed by atoms with Gasteiger partial charge in [-0.25, -0.2) is 14.9 Å². The van der Waals surface area contributed by atoms with E-state index in [-0.39, 0.29) is 5.41 Å². The fourth-order valence-corrected chi connectivity index (χ4v) is 5.26. The first-order valence-electron chi connectivity index (χ1n) is 10.4. The zero-order chi connectivity index (χ0) is 21.5. The summed E-state index contributed by atoms with van der Waals surface area (Å²) < 4.78 is 0. The number of hydrogen-bond donors (Lipinski definition) is 3. The van der Waals surface area contributed by atoms with Gasteiger partial charge in [0.05, 0.1) is 0 Å². The zero-order valence-electron chi connectivity index (χ0n) is 17.8. The summed E-state index contributed by atoms with van der Waals surface area (Å²) in [5.74, 6) is 0.405. The van der Waals surface area contributed by atoms with Crippen LogP contribution in [0, 0.1) is 5.41 Å². The molecule has 6 nitrogen and oxygen atoms in total. The van der Waals surface area contributed by atoms with Gasteiger partial charge >= 0.3 is 0 Å². The highest BCUT2D eigenvalue weighted by molar-refractivity contribution is 5.80. The van der Waals surface area contributed by atoms with E-state index in [0.717, 1.165) is 48.8 Å². The average Bonchev–Trinajstić information content (AvgIpc) is 3.11. The fraction of sp³-hybridized carbons (Fsp3) is 0.375. The number of nitrogens with zero attached hydrogens (tertiary/aromatic N) is 2. The van der Waals surface area contributed by atoms with Gasteiger partial charge in [-0.1, -0.05) is 30.4 Å². The minimum Gasteiger partial charge on any atom is -0.405 e. The summed E-state index contributed by atoms with van der Waals surface area (Å²) in [7, 11) is 1.82. The molecule has 0 bridgehead atoms. The minimum atomic E-state index is -0.833. The number of hydrogen-bond acceptors (Lipinski definition) is 6. The molecule has 30 heavy (non-hydrogen) atoms. The summed E-state index contributed by atoms with van der Waals surface area (Å²) in [5, 5.41) is 1.60. The summed E-state index contributed by atoms with van der Waals surface area (Å²) in [6.45, 7) is 6.23. The second-order valence-corrected chi connectivity index (χ2v) is 8.52. The second kappa shape index (κ2) is 7.36. The Hall–Kier alpha value is -2.99. The molecule has 2 atom stereocenters. The van der Waals surface area contributed by atoms with Gasteiger partial charge in [0.15, 0.2) is 0 Å². The van der Waals surface area contributed by atoms with Crippen LogP contribution in [0.3, 0.4) is 0 Å². The molecule has 0 aromatic heterocycles. The molecule has 2 aliphatic carbocycles. The van der Waals surface area contributed by atoms with Crippen molar-refractivity contribution in [1.82, 2.24) is 5.06 Å². The maximum atomic E-state index is 6.50. The predicted molar refractivity (Wildman–Crippen MR) is 122 cm³/mol. The van der Waals surface area contributed by atoms with E-state index in [1.54, 1.807) is 17.3 Å².